The highest BCUT2D eigenvalue weighted by Gasteiger charge is 2.30. The second kappa shape index (κ2) is 5.92. The van der Waals surface area contributed by atoms with E-state index >= 15 is 0 Å². The van der Waals surface area contributed by atoms with Gasteiger partial charge in [-0.05, 0) is 19.1 Å². The van der Waals surface area contributed by atoms with Crippen LogP contribution in [0, 0.1) is 6.92 Å². The van der Waals surface area contributed by atoms with Crippen molar-refractivity contribution >= 4 is 17.6 Å². The summed E-state index contributed by atoms with van der Waals surface area (Å²) in [6, 6.07) is 4.80. The van der Waals surface area contributed by atoms with Crippen LogP contribution in [0.15, 0.2) is 18.2 Å². The van der Waals surface area contributed by atoms with Crippen molar-refractivity contribution in [2.45, 2.75) is 19.4 Å². The average Bonchev–Trinajstić information content (AvgIpc) is 2.41. The molecule has 1 heterocycles. The minimum absolute atomic E-state index is 0.128. The number of carboxylic acids is 1. The van der Waals surface area contributed by atoms with Crippen molar-refractivity contribution in [2.75, 3.05) is 25.5 Å². The SMILES string of the molecule is Cc1ccc(N)c(C(=O)N2CCOCC2CC(=O)O)c1. The Morgan fingerprint density at radius 2 is 2.25 bits per heavy atom. The van der Waals surface area contributed by atoms with Gasteiger partial charge < -0.3 is 20.5 Å². The van der Waals surface area contributed by atoms with Crippen molar-refractivity contribution in [3.05, 3.63) is 29.3 Å². The van der Waals surface area contributed by atoms with Crippen molar-refractivity contribution in [1.29, 1.82) is 0 Å². The molecule has 20 heavy (non-hydrogen) atoms. The molecule has 6 heteroatoms. The van der Waals surface area contributed by atoms with E-state index in [4.69, 9.17) is 15.6 Å². The fourth-order valence-corrected chi connectivity index (χ4v) is 2.30. The minimum Gasteiger partial charge on any atom is -0.481 e. The van der Waals surface area contributed by atoms with E-state index in [1.165, 1.54) is 0 Å². The van der Waals surface area contributed by atoms with Crippen LogP contribution in [-0.4, -0.2) is 47.7 Å². The number of nitrogen functional groups attached to an aromatic ring is 1. The molecular formula is C14H18N2O4. The first kappa shape index (κ1) is 14.3. The summed E-state index contributed by atoms with van der Waals surface area (Å²) < 4.78 is 5.26. The van der Waals surface area contributed by atoms with Gasteiger partial charge in [0.2, 0.25) is 0 Å². The smallest absolute Gasteiger partial charge is 0.305 e. The lowest BCUT2D eigenvalue weighted by molar-refractivity contribution is -0.139. The molecule has 0 radical (unpaired) electrons. The Morgan fingerprint density at radius 3 is 2.95 bits per heavy atom. The van der Waals surface area contributed by atoms with Crippen molar-refractivity contribution in [3.63, 3.8) is 0 Å². The zero-order chi connectivity index (χ0) is 14.7. The molecule has 2 rings (SSSR count). The molecule has 1 fully saturated rings. The van der Waals surface area contributed by atoms with E-state index in [0.29, 0.717) is 24.4 Å². The summed E-state index contributed by atoms with van der Waals surface area (Å²) in [6.07, 6.45) is -0.128. The number of rotatable bonds is 3. The first-order valence-electron chi connectivity index (χ1n) is 6.45. The zero-order valence-electron chi connectivity index (χ0n) is 11.3. The Bertz CT molecular complexity index is 530. The van der Waals surface area contributed by atoms with Crippen molar-refractivity contribution in [2.24, 2.45) is 0 Å². The van der Waals surface area contributed by atoms with Crippen molar-refractivity contribution < 1.29 is 19.4 Å². The Balaban J connectivity index is 2.25. The van der Waals surface area contributed by atoms with E-state index in [9.17, 15) is 9.59 Å². The maximum absolute atomic E-state index is 12.6. The number of nitrogens with zero attached hydrogens (tertiary/aromatic N) is 1. The quantitative estimate of drug-likeness (QED) is 0.801. The van der Waals surface area contributed by atoms with E-state index in [1.54, 1.807) is 17.0 Å². The minimum atomic E-state index is -0.949. The molecular weight excluding hydrogens is 260 g/mol. The van der Waals surface area contributed by atoms with Crippen LogP contribution < -0.4 is 5.73 Å². The van der Waals surface area contributed by atoms with Gasteiger partial charge in [0, 0.05) is 12.2 Å². The van der Waals surface area contributed by atoms with Crippen molar-refractivity contribution in [3.8, 4) is 0 Å². The highest BCUT2D eigenvalue weighted by atomic mass is 16.5. The van der Waals surface area contributed by atoms with Crippen LogP contribution in [0.25, 0.3) is 0 Å². The summed E-state index contributed by atoms with van der Waals surface area (Å²) in [5.74, 6) is -1.18. The van der Waals surface area contributed by atoms with Crippen LogP contribution in [0.2, 0.25) is 0 Å². The van der Waals surface area contributed by atoms with Gasteiger partial charge in [-0.1, -0.05) is 11.6 Å². The average molecular weight is 278 g/mol. The van der Waals surface area contributed by atoms with Gasteiger partial charge in [-0.2, -0.15) is 0 Å². The topological polar surface area (TPSA) is 92.9 Å². The molecule has 1 saturated heterocycles. The highest BCUT2D eigenvalue weighted by molar-refractivity contribution is 5.99. The van der Waals surface area contributed by atoms with E-state index in [2.05, 4.69) is 0 Å². The van der Waals surface area contributed by atoms with Crippen LogP contribution in [0.3, 0.4) is 0 Å². The van der Waals surface area contributed by atoms with Gasteiger partial charge in [-0.3, -0.25) is 9.59 Å². The molecule has 1 atom stereocenters. The first-order valence-corrected chi connectivity index (χ1v) is 6.45. The number of carbonyl (C=O) groups is 2. The number of aryl methyl sites for hydroxylation is 1. The number of nitrogens with two attached hydrogens (primary N) is 1. The third-order valence-corrected chi connectivity index (χ3v) is 3.34. The predicted octanol–water partition coefficient (Wildman–Crippen LogP) is 0.893. The Labute approximate surface area is 117 Å². The molecule has 1 aromatic rings. The molecule has 0 spiro atoms. The van der Waals surface area contributed by atoms with Crippen LogP contribution >= 0.6 is 0 Å². The molecule has 1 amide bonds. The Morgan fingerprint density at radius 1 is 1.50 bits per heavy atom. The fraction of sp³-hybridized carbons (Fsp3) is 0.429. The molecule has 1 aliphatic rings. The molecule has 3 N–H and O–H groups in total. The Hall–Kier alpha value is -2.08. The standard InChI is InChI=1S/C14H18N2O4/c1-9-2-3-12(15)11(6-9)14(19)16-4-5-20-8-10(16)7-13(17)18/h2-3,6,10H,4-5,7-8,15H2,1H3,(H,17,18). The molecule has 6 nitrogen and oxygen atoms in total. The second-order valence-corrected chi connectivity index (χ2v) is 4.92. The van der Waals surface area contributed by atoms with Crippen LogP contribution in [0.1, 0.15) is 22.3 Å². The maximum Gasteiger partial charge on any atom is 0.305 e. The summed E-state index contributed by atoms with van der Waals surface area (Å²) >= 11 is 0. The second-order valence-electron chi connectivity index (χ2n) is 4.92. The lowest BCUT2D eigenvalue weighted by Crippen LogP contribution is -2.49. The fourth-order valence-electron chi connectivity index (χ4n) is 2.30. The van der Waals surface area contributed by atoms with Gasteiger partial charge in [0.1, 0.15) is 0 Å². The number of hydrogen-bond donors (Lipinski definition) is 2. The van der Waals surface area contributed by atoms with Gasteiger partial charge in [0.25, 0.3) is 5.91 Å². The lowest BCUT2D eigenvalue weighted by Gasteiger charge is -2.35. The summed E-state index contributed by atoms with van der Waals surface area (Å²) in [5.41, 5.74) is 7.61. The Kier molecular flexibility index (Phi) is 4.24. The third kappa shape index (κ3) is 3.08. The number of hydrogen-bond acceptors (Lipinski definition) is 4. The van der Waals surface area contributed by atoms with Gasteiger partial charge >= 0.3 is 5.97 Å². The maximum atomic E-state index is 12.6. The van der Waals surface area contributed by atoms with Crippen molar-refractivity contribution in [1.82, 2.24) is 4.90 Å². The number of ether oxygens (including phenoxy) is 1. The summed E-state index contributed by atoms with van der Waals surface area (Å²) in [6.45, 7) is 2.91. The van der Waals surface area contributed by atoms with Crippen LogP contribution in [-0.2, 0) is 9.53 Å². The number of carbonyl (C=O) groups excluding carboxylic acids is 1. The van der Waals surface area contributed by atoms with Gasteiger partial charge in [-0.15, -0.1) is 0 Å². The molecule has 0 aliphatic carbocycles. The van der Waals surface area contributed by atoms with E-state index in [0.717, 1.165) is 5.56 Å². The number of carboxylic acid groups (broad SMARTS) is 1. The van der Waals surface area contributed by atoms with E-state index in [1.807, 2.05) is 13.0 Å². The third-order valence-electron chi connectivity index (χ3n) is 3.34. The number of amides is 1. The van der Waals surface area contributed by atoms with Gasteiger partial charge in [0.05, 0.1) is 31.2 Å². The molecule has 0 saturated carbocycles. The molecule has 1 unspecified atom stereocenters. The van der Waals surface area contributed by atoms with Crippen LogP contribution in [0.5, 0.6) is 0 Å². The molecule has 0 bridgehead atoms. The largest absolute Gasteiger partial charge is 0.481 e. The molecule has 1 aliphatic heterocycles. The molecule has 1 aromatic carbocycles. The zero-order valence-corrected chi connectivity index (χ0v) is 11.3. The first-order chi connectivity index (χ1) is 9.49. The summed E-state index contributed by atoms with van der Waals surface area (Å²) in [7, 11) is 0. The lowest BCUT2D eigenvalue weighted by atomic mass is 10.1. The van der Waals surface area contributed by atoms with Gasteiger partial charge in [-0.25, -0.2) is 0 Å². The van der Waals surface area contributed by atoms with Crippen LogP contribution in [0.4, 0.5) is 5.69 Å². The van der Waals surface area contributed by atoms with E-state index < -0.39 is 12.0 Å². The number of benzene rings is 1. The number of aliphatic carboxylic acids is 1. The summed E-state index contributed by atoms with van der Waals surface area (Å²) in [4.78, 5) is 25.0. The number of morpholine rings is 1. The molecule has 0 aromatic heterocycles. The highest BCUT2D eigenvalue weighted by Crippen LogP contribution is 2.20. The van der Waals surface area contributed by atoms with E-state index in [-0.39, 0.29) is 18.9 Å². The predicted molar refractivity (Wildman–Crippen MR) is 73.5 cm³/mol. The number of anilines is 1. The van der Waals surface area contributed by atoms with Gasteiger partial charge in [0.15, 0.2) is 0 Å². The molecule has 108 valence electrons. The monoisotopic (exact) mass is 278 g/mol. The summed E-state index contributed by atoms with van der Waals surface area (Å²) in [5, 5.41) is 8.92. The normalized spacial score (nSPS) is 18.9.